The minimum absolute atomic E-state index is 0.0545. The number of allylic oxidation sites excluding steroid dienone is 2. The maximum absolute atomic E-state index is 9.97. The average Bonchev–Trinajstić information content (AvgIpc) is 2.70. The van der Waals surface area contributed by atoms with E-state index in [9.17, 15) is 15.8 Å². The zero-order chi connectivity index (χ0) is 20.3. The third-order valence-electron chi connectivity index (χ3n) is 5.89. The van der Waals surface area contributed by atoms with E-state index in [-0.39, 0.29) is 17.5 Å². The topological polar surface area (TPSA) is 101 Å². The summed E-state index contributed by atoms with van der Waals surface area (Å²) in [5, 5.41) is 29.7. The number of nitriles is 3. The first-order valence-corrected chi connectivity index (χ1v) is 9.66. The molecule has 28 heavy (non-hydrogen) atoms. The highest BCUT2D eigenvalue weighted by atomic mass is 15.1. The van der Waals surface area contributed by atoms with Gasteiger partial charge in [0, 0.05) is 31.5 Å². The van der Waals surface area contributed by atoms with Gasteiger partial charge in [0.05, 0.1) is 23.4 Å². The van der Waals surface area contributed by atoms with E-state index in [1.54, 1.807) is 0 Å². The number of nitrogens with zero attached hydrogens (tertiary/aromatic N) is 4. The van der Waals surface area contributed by atoms with Crippen LogP contribution in [-0.4, -0.2) is 18.0 Å². The van der Waals surface area contributed by atoms with Gasteiger partial charge in [0.1, 0.15) is 6.07 Å². The van der Waals surface area contributed by atoms with E-state index in [0.29, 0.717) is 24.5 Å². The predicted molar refractivity (Wildman–Crippen MR) is 107 cm³/mol. The monoisotopic (exact) mass is 371 g/mol. The van der Waals surface area contributed by atoms with Gasteiger partial charge in [-0.05, 0) is 23.5 Å². The molecule has 1 aromatic rings. The number of hydrogen-bond acceptors (Lipinski definition) is 5. The van der Waals surface area contributed by atoms with Crippen LogP contribution in [0.1, 0.15) is 25.8 Å². The van der Waals surface area contributed by atoms with Crippen LogP contribution in [0, 0.1) is 57.2 Å². The van der Waals surface area contributed by atoms with Crippen molar-refractivity contribution < 1.29 is 0 Å². The zero-order valence-electron chi connectivity index (χ0n) is 16.4. The number of rotatable bonds is 4. The van der Waals surface area contributed by atoms with Crippen LogP contribution in [0.2, 0.25) is 0 Å². The van der Waals surface area contributed by atoms with Crippen LogP contribution in [0.4, 0.5) is 0 Å². The molecular weight excluding hydrogens is 346 g/mol. The SMILES string of the molecule is CC(C)C[C@@H]1[C@H]2CN(Cc3ccccc3)CC=C2C(C#N)=C(N)C1(C#N)C#N. The van der Waals surface area contributed by atoms with Gasteiger partial charge in [0.2, 0.25) is 0 Å². The predicted octanol–water partition coefficient (Wildman–Crippen LogP) is 3.49. The second kappa shape index (κ2) is 7.89. The van der Waals surface area contributed by atoms with Crippen molar-refractivity contribution in [1.82, 2.24) is 4.90 Å². The second-order valence-corrected chi connectivity index (χ2v) is 8.11. The molecule has 2 aliphatic rings. The zero-order valence-corrected chi connectivity index (χ0v) is 16.4. The summed E-state index contributed by atoms with van der Waals surface area (Å²) in [7, 11) is 0. The minimum atomic E-state index is -1.45. The number of nitrogens with two attached hydrogens (primary N) is 1. The molecule has 5 nitrogen and oxygen atoms in total. The summed E-state index contributed by atoms with van der Waals surface area (Å²) in [6, 6.07) is 16.8. The van der Waals surface area contributed by atoms with E-state index in [0.717, 1.165) is 18.7 Å². The first-order valence-electron chi connectivity index (χ1n) is 9.66. The first-order chi connectivity index (χ1) is 13.5. The van der Waals surface area contributed by atoms with Crippen molar-refractivity contribution in [3.63, 3.8) is 0 Å². The van der Waals surface area contributed by atoms with Gasteiger partial charge in [-0.3, -0.25) is 4.90 Å². The Labute approximate surface area is 167 Å². The Morgan fingerprint density at radius 1 is 1.18 bits per heavy atom. The molecule has 2 atom stereocenters. The molecule has 2 N–H and O–H groups in total. The van der Waals surface area contributed by atoms with E-state index in [4.69, 9.17) is 5.73 Å². The quantitative estimate of drug-likeness (QED) is 0.873. The fourth-order valence-electron chi connectivity index (χ4n) is 4.57. The van der Waals surface area contributed by atoms with E-state index < -0.39 is 5.41 Å². The van der Waals surface area contributed by atoms with Crippen LogP contribution in [0.25, 0.3) is 0 Å². The molecule has 1 heterocycles. The lowest BCUT2D eigenvalue weighted by Crippen LogP contribution is -2.49. The maximum Gasteiger partial charge on any atom is 0.187 e. The lowest BCUT2D eigenvalue weighted by molar-refractivity contribution is 0.145. The Morgan fingerprint density at radius 2 is 1.86 bits per heavy atom. The normalized spacial score (nSPS) is 23.9. The number of benzene rings is 1. The van der Waals surface area contributed by atoms with Crippen LogP contribution >= 0.6 is 0 Å². The van der Waals surface area contributed by atoms with Crippen molar-refractivity contribution in [1.29, 1.82) is 15.8 Å². The summed E-state index contributed by atoms with van der Waals surface area (Å²) in [5.74, 6) is 0.0267. The summed E-state index contributed by atoms with van der Waals surface area (Å²) in [6.07, 6.45) is 2.77. The van der Waals surface area contributed by atoms with Gasteiger partial charge in [-0.15, -0.1) is 0 Å². The van der Waals surface area contributed by atoms with Gasteiger partial charge in [-0.1, -0.05) is 50.3 Å². The molecule has 0 fully saturated rings. The second-order valence-electron chi connectivity index (χ2n) is 8.11. The summed E-state index contributed by atoms with van der Waals surface area (Å²) < 4.78 is 0. The molecule has 142 valence electrons. The maximum atomic E-state index is 9.97. The van der Waals surface area contributed by atoms with Gasteiger partial charge in [0.25, 0.3) is 0 Å². The van der Waals surface area contributed by atoms with Crippen molar-refractivity contribution in [3.8, 4) is 18.2 Å². The molecule has 1 aromatic carbocycles. The summed E-state index contributed by atoms with van der Waals surface area (Å²) in [4.78, 5) is 2.31. The summed E-state index contributed by atoms with van der Waals surface area (Å²) in [6.45, 7) is 6.41. The largest absolute Gasteiger partial charge is 0.399 e. The molecule has 0 saturated heterocycles. The number of hydrogen-bond donors (Lipinski definition) is 1. The van der Waals surface area contributed by atoms with Gasteiger partial charge in [-0.25, -0.2) is 0 Å². The average molecular weight is 371 g/mol. The molecule has 1 aliphatic carbocycles. The molecule has 0 radical (unpaired) electrons. The Hall–Kier alpha value is -3.07. The van der Waals surface area contributed by atoms with Crippen molar-refractivity contribution >= 4 is 0 Å². The molecule has 0 amide bonds. The third kappa shape index (κ3) is 3.29. The highest BCUT2D eigenvalue weighted by Gasteiger charge is 2.53. The lowest BCUT2D eigenvalue weighted by Gasteiger charge is -2.46. The van der Waals surface area contributed by atoms with Crippen LogP contribution < -0.4 is 5.73 Å². The highest BCUT2D eigenvalue weighted by Crippen LogP contribution is 2.51. The Balaban J connectivity index is 2.04. The van der Waals surface area contributed by atoms with Gasteiger partial charge in [0.15, 0.2) is 5.41 Å². The lowest BCUT2D eigenvalue weighted by atomic mass is 9.58. The molecule has 0 saturated carbocycles. The van der Waals surface area contributed by atoms with Crippen molar-refractivity contribution in [2.24, 2.45) is 28.9 Å². The molecule has 1 aliphatic heterocycles. The summed E-state index contributed by atoms with van der Waals surface area (Å²) in [5.41, 5.74) is 7.42. The minimum Gasteiger partial charge on any atom is -0.399 e. The van der Waals surface area contributed by atoms with Crippen molar-refractivity contribution in [3.05, 3.63) is 58.8 Å². The van der Waals surface area contributed by atoms with Crippen molar-refractivity contribution in [2.75, 3.05) is 13.1 Å². The van der Waals surface area contributed by atoms with Crippen molar-refractivity contribution in [2.45, 2.75) is 26.8 Å². The molecule has 5 heteroatoms. The fourth-order valence-corrected chi connectivity index (χ4v) is 4.57. The molecule has 0 spiro atoms. The van der Waals surface area contributed by atoms with Gasteiger partial charge in [-0.2, -0.15) is 15.8 Å². The number of fused-ring (bicyclic) bond motifs is 1. The van der Waals surface area contributed by atoms with Crippen LogP contribution in [-0.2, 0) is 6.54 Å². The van der Waals surface area contributed by atoms with E-state index >= 15 is 0 Å². The van der Waals surface area contributed by atoms with E-state index in [1.165, 1.54) is 5.56 Å². The van der Waals surface area contributed by atoms with Gasteiger partial charge >= 0.3 is 0 Å². The molecule has 0 bridgehead atoms. The standard InChI is InChI=1S/C23H25N5/c1-16(2)10-21-20-13-28(12-17-6-4-3-5-7-17)9-8-18(20)19(11-24)22(27)23(21,14-25)15-26/h3-8,16,20-21H,9-10,12-13,27H2,1-2H3/t20-,21+/m0/s1. The molecular formula is C23H25N5. The smallest absolute Gasteiger partial charge is 0.187 e. The fraction of sp³-hybridized carbons (Fsp3) is 0.435. The van der Waals surface area contributed by atoms with E-state index in [1.807, 2.05) is 18.2 Å². The van der Waals surface area contributed by atoms with Crippen LogP contribution in [0.5, 0.6) is 0 Å². The van der Waals surface area contributed by atoms with E-state index in [2.05, 4.69) is 55.2 Å². The Bertz CT molecular complexity index is 906. The highest BCUT2D eigenvalue weighted by molar-refractivity contribution is 5.56. The summed E-state index contributed by atoms with van der Waals surface area (Å²) >= 11 is 0. The third-order valence-corrected chi connectivity index (χ3v) is 5.89. The Kier molecular flexibility index (Phi) is 5.55. The molecule has 0 aromatic heterocycles. The molecule has 0 unspecified atom stereocenters. The first kappa shape index (κ1) is 19.7. The van der Waals surface area contributed by atoms with Crippen LogP contribution in [0.3, 0.4) is 0 Å². The van der Waals surface area contributed by atoms with Gasteiger partial charge < -0.3 is 5.73 Å². The molecule has 3 rings (SSSR count). The van der Waals surface area contributed by atoms with Crippen LogP contribution in [0.15, 0.2) is 53.3 Å². The Morgan fingerprint density at radius 3 is 2.43 bits per heavy atom.